The molecule has 0 saturated heterocycles. The number of carbonyl (C=O) groups is 1. The van der Waals surface area contributed by atoms with E-state index in [9.17, 15) is 4.79 Å². The predicted molar refractivity (Wildman–Crippen MR) is 70.0 cm³/mol. The van der Waals surface area contributed by atoms with Crippen LogP contribution in [-0.2, 0) is 13.0 Å². The third kappa shape index (κ3) is 1.90. The molecule has 2 aromatic rings. The first-order valence-electron chi connectivity index (χ1n) is 6.07. The lowest BCUT2D eigenvalue weighted by molar-refractivity contribution is 0.0962. The Morgan fingerprint density at radius 3 is 2.67 bits per heavy atom. The third-order valence-electron chi connectivity index (χ3n) is 3.20. The van der Waals surface area contributed by atoms with E-state index in [-0.39, 0.29) is 5.78 Å². The van der Waals surface area contributed by atoms with Crippen LogP contribution in [0.2, 0.25) is 0 Å². The Labute approximate surface area is 106 Å². The van der Waals surface area contributed by atoms with Gasteiger partial charge in [0.2, 0.25) is 0 Å². The van der Waals surface area contributed by atoms with Gasteiger partial charge in [0.05, 0.1) is 5.56 Å². The van der Waals surface area contributed by atoms with Gasteiger partial charge < -0.3 is 4.74 Å². The highest BCUT2D eigenvalue weighted by molar-refractivity contribution is 6.09. The number of rotatable bonds is 3. The highest BCUT2D eigenvalue weighted by Crippen LogP contribution is 2.33. The lowest BCUT2D eigenvalue weighted by Gasteiger charge is -2.22. The molecular formula is C16H14O2. The molecule has 0 fully saturated rings. The van der Waals surface area contributed by atoms with Crippen LogP contribution in [-0.4, -0.2) is 5.78 Å². The van der Waals surface area contributed by atoms with Gasteiger partial charge in [-0.05, 0) is 29.7 Å². The molecule has 0 bridgehead atoms. The molecular weight excluding hydrogens is 224 g/mol. The Morgan fingerprint density at radius 2 is 1.94 bits per heavy atom. The highest BCUT2D eigenvalue weighted by atomic mass is 16.5. The Hall–Kier alpha value is -2.09. The predicted octanol–water partition coefficient (Wildman–Crippen LogP) is 3.31. The van der Waals surface area contributed by atoms with Gasteiger partial charge in [-0.3, -0.25) is 4.79 Å². The molecule has 0 unspecified atom stereocenters. The monoisotopic (exact) mass is 238 g/mol. The summed E-state index contributed by atoms with van der Waals surface area (Å²) in [5, 5.41) is 0. The van der Waals surface area contributed by atoms with Crippen LogP contribution in [0.3, 0.4) is 0 Å². The van der Waals surface area contributed by atoms with Gasteiger partial charge in [0, 0.05) is 6.42 Å². The van der Waals surface area contributed by atoms with E-state index in [1.165, 1.54) is 0 Å². The number of Topliss-reactive ketones (excluding diaryl/α,β-unsaturated/α-hetero) is 1. The van der Waals surface area contributed by atoms with Gasteiger partial charge in [-0.25, -0.2) is 0 Å². The molecule has 1 aliphatic carbocycles. The van der Waals surface area contributed by atoms with Crippen molar-refractivity contribution in [2.45, 2.75) is 20.0 Å². The topological polar surface area (TPSA) is 26.3 Å². The van der Waals surface area contributed by atoms with Crippen molar-refractivity contribution < 1.29 is 9.53 Å². The largest absolute Gasteiger partial charge is 0.488 e. The molecule has 2 heteroatoms. The Bertz CT molecular complexity index is 600. The number of hydrogen-bond donors (Lipinski definition) is 0. The molecule has 0 radical (unpaired) electrons. The molecule has 90 valence electrons. The molecule has 0 atom stereocenters. The van der Waals surface area contributed by atoms with Crippen LogP contribution in [0.25, 0.3) is 0 Å². The summed E-state index contributed by atoms with van der Waals surface area (Å²) in [6, 6.07) is 14.0. The Morgan fingerprint density at radius 1 is 1.17 bits per heavy atom. The molecule has 2 nitrogen and oxygen atoms in total. The van der Waals surface area contributed by atoms with Crippen molar-refractivity contribution in [3.63, 3.8) is 0 Å². The summed E-state index contributed by atoms with van der Waals surface area (Å²) in [6.07, 6.45) is 0.554. The fourth-order valence-corrected chi connectivity index (χ4v) is 2.29. The average molecular weight is 238 g/mol. The minimum atomic E-state index is 0.188. The molecule has 1 aliphatic rings. The first kappa shape index (κ1) is 11.0. The minimum absolute atomic E-state index is 0.188. The first-order valence-corrected chi connectivity index (χ1v) is 6.07. The number of fused-ring (bicyclic) bond motifs is 1. The van der Waals surface area contributed by atoms with Crippen LogP contribution in [0.1, 0.15) is 27.0 Å². The van der Waals surface area contributed by atoms with Gasteiger partial charge >= 0.3 is 0 Å². The number of ether oxygens (including phenoxy) is 1. The smallest absolute Gasteiger partial charge is 0.171 e. The summed E-state index contributed by atoms with van der Waals surface area (Å²) in [5.41, 5.74) is 4.14. The zero-order valence-corrected chi connectivity index (χ0v) is 10.3. The van der Waals surface area contributed by atoms with Gasteiger partial charge in [0.25, 0.3) is 0 Å². The third-order valence-corrected chi connectivity index (χ3v) is 3.20. The highest BCUT2D eigenvalue weighted by Gasteiger charge is 2.27. The Balaban J connectivity index is 1.83. The van der Waals surface area contributed by atoms with E-state index in [4.69, 9.17) is 4.74 Å². The van der Waals surface area contributed by atoms with E-state index < -0.39 is 0 Å². The quantitative estimate of drug-likeness (QED) is 0.820. The summed E-state index contributed by atoms with van der Waals surface area (Å²) in [7, 11) is 0. The van der Waals surface area contributed by atoms with Gasteiger partial charge in [-0.1, -0.05) is 36.4 Å². The van der Waals surface area contributed by atoms with Crippen LogP contribution in [0.4, 0.5) is 0 Å². The SMILES string of the molecule is Cc1cc2c(c(OCc3ccccc3)c1)C(=O)C2. The molecule has 0 saturated carbocycles. The van der Waals surface area contributed by atoms with Crippen LogP contribution < -0.4 is 4.74 Å². The van der Waals surface area contributed by atoms with Gasteiger partial charge in [-0.15, -0.1) is 0 Å². The van der Waals surface area contributed by atoms with Gasteiger partial charge in [-0.2, -0.15) is 0 Å². The molecule has 0 aliphatic heterocycles. The maximum absolute atomic E-state index is 11.6. The molecule has 0 aromatic heterocycles. The van der Waals surface area contributed by atoms with Crippen molar-refractivity contribution in [2.75, 3.05) is 0 Å². The molecule has 0 N–H and O–H groups in total. The standard InChI is InChI=1S/C16H14O2/c1-11-7-13-9-14(17)16(13)15(8-11)18-10-12-5-3-2-4-6-12/h2-8H,9-10H2,1H3. The number of hydrogen-bond acceptors (Lipinski definition) is 2. The van der Waals surface area contributed by atoms with E-state index >= 15 is 0 Å². The molecule has 3 rings (SSSR count). The summed E-state index contributed by atoms with van der Waals surface area (Å²) in [4.78, 5) is 11.6. The summed E-state index contributed by atoms with van der Waals surface area (Å²) >= 11 is 0. The average Bonchev–Trinajstić information content (AvgIpc) is 2.36. The summed E-state index contributed by atoms with van der Waals surface area (Å²) in [5.74, 6) is 0.915. The number of benzene rings is 2. The lowest BCUT2D eigenvalue weighted by atomic mass is 9.85. The van der Waals surface area contributed by atoms with Crippen molar-refractivity contribution in [3.05, 3.63) is 64.7 Å². The second kappa shape index (κ2) is 4.30. The van der Waals surface area contributed by atoms with Crippen molar-refractivity contribution >= 4 is 5.78 Å². The van der Waals surface area contributed by atoms with Crippen LogP contribution in [0.5, 0.6) is 5.75 Å². The van der Waals surface area contributed by atoms with E-state index in [1.54, 1.807) is 0 Å². The van der Waals surface area contributed by atoms with Crippen LogP contribution in [0, 0.1) is 6.92 Å². The molecule has 2 aromatic carbocycles. The van der Waals surface area contributed by atoms with Gasteiger partial charge in [0.1, 0.15) is 12.4 Å². The maximum Gasteiger partial charge on any atom is 0.171 e. The maximum atomic E-state index is 11.6. The first-order chi connectivity index (χ1) is 8.74. The fourth-order valence-electron chi connectivity index (χ4n) is 2.29. The zero-order valence-electron chi connectivity index (χ0n) is 10.3. The van der Waals surface area contributed by atoms with E-state index in [1.807, 2.05) is 43.3 Å². The fraction of sp³-hybridized carbons (Fsp3) is 0.188. The number of ketones is 1. The van der Waals surface area contributed by atoms with Crippen molar-refractivity contribution in [3.8, 4) is 5.75 Å². The second-order valence-corrected chi connectivity index (χ2v) is 4.67. The van der Waals surface area contributed by atoms with Crippen molar-refractivity contribution in [1.29, 1.82) is 0 Å². The summed E-state index contributed by atoms with van der Waals surface area (Å²) in [6.45, 7) is 2.53. The normalized spacial score (nSPS) is 12.8. The van der Waals surface area contributed by atoms with E-state index in [2.05, 4.69) is 6.07 Å². The second-order valence-electron chi connectivity index (χ2n) is 4.67. The number of aryl methyl sites for hydroxylation is 1. The van der Waals surface area contributed by atoms with Gasteiger partial charge in [0.15, 0.2) is 5.78 Å². The number of carbonyl (C=O) groups excluding carboxylic acids is 1. The zero-order chi connectivity index (χ0) is 12.5. The Kier molecular flexibility index (Phi) is 2.63. The molecule has 18 heavy (non-hydrogen) atoms. The van der Waals surface area contributed by atoms with Crippen molar-refractivity contribution in [1.82, 2.24) is 0 Å². The molecule has 0 heterocycles. The molecule has 0 amide bonds. The summed E-state index contributed by atoms with van der Waals surface area (Å²) < 4.78 is 5.79. The van der Waals surface area contributed by atoms with Crippen LogP contribution in [0.15, 0.2) is 42.5 Å². The van der Waals surface area contributed by atoms with Crippen LogP contribution >= 0.6 is 0 Å². The van der Waals surface area contributed by atoms with E-state index in [0.29, 0.717) is 13.0 Å². The van der Waals surface area contributed by atoms with E-state index in [0.717, 1.165) is 28.0 Å². The molecule has 0 spiro atoms. The minimum Gasteiger partial charge on any atom is -0.488 e. The lowest BCUT2D eigenvalue weighted by Crippen LogP contribution is -2.20. The van der Waals surface area contributed by atoms with Crippen molar-refractivity contribution in [2.24, 2.45) is 0 Å².